The van der Waals surface area contributed by atoms with Crippen molar-refractivity contribution in [2.24, 2.45) is 5.73 Å². The van der Waals surface area contributed by atoms with Gasteiger partial charge in [0.25, 0.3) is 0 Å². The van der Waals surface area contributed by atoms with E-state index in [1.807, 2.05) is 36.5 Å². The van der Waals surface area contributed by atoms with Gasteiger partial charge in [-0.1, -0.05) is 36.8 Å². The predicted octanol–water partition coefficient (Wildman–Crippen LogP) is 1.98. The van der Waals surface area contributed by atoms with Gasteiger partial charge >= 0.3 is 0 Å². The zero-order valence-corrected chi connectivity index (χ0v) is 14.8. The number of nitrogens with two attached hydrogens (primary N) is 1. The van der Waals surface area contributed by atoms with Gasteiger partial charge in [0.1, 0.15) is 6.54 Å². The average Bonchev–Trinajstić information content (AvgIpc) is 2.97. The molecule has 2 aromatic rings. The van der Waals surface area contributed by atoms with Crippen molar-refractivity contribution in [2.45, 2.75) is 56.5 Å². The number of primary amides is 1. The van der Waals surface area contributed by atoms with E-state index in [4.69, 9.17) is 5.73 Å². The Morgan fingerprint density at radius 1 is 1.23 bits per heavy atom. The number of hydrogen-bond acceptors (Lipinski definition) is 3. The Bertz CT molecular complexity index is 824. The van der Waals surface area contributed by atoms with Gasteiger partial charge in [-0.15, -0.1) is 0 Å². The van der Waals surface area contributed by atoms with E-state index in [1.54, 1.807) is 4.68 Å². The molecule has 1 fully saturated rings. The first-order chi connectivity index (χ1) is 12.6. The first-order valence-corrected chi connectivity index (χ1v) is 9.29. The highest BCUT2D eigenvalue weighted by Crippen LogP contribution is 2.44. The molecule has 1 saturated carbocycles. The van der Waals surface area contributed by atoms with Crippen molar-refractivity contribution in [3.8, 4) is 0 Å². The third-order valence-corrected chi connectivity index (χ3v) is 5.73. The number of aromatic nitrogens is 2. The number of hydrogen-bond donors (Lipinski definition) is 2. The number of carbonyl (C=O) groups is 2. The van der Waals surface area contributed by atoms with Crippen molar-refractivity contribution in [1.29, 1.82) is 0 Å². The van der Waals surface area contributed by atoms with E-state index in [2.05, 4.69) is 10.4 Å². The largest absolute Gasteiger partial charge is 0.368 e. The number of nitrogens with zero attached hydrogens (tertiary/aromatic N) is 2. The van der Waals surface area contributed by atoms with E-state index in [0.29, 0.717) is 0 Å². The van der Waals surface area contributed by atoms with Crippen LogP contribution in [0.3, 0.4) is 0 Å². The van der Waals surface area contributed by atoms with Crippen molar-refractivity contribution >= 4 is 11.8 Å². The molecule has 6 heteroatoms. The van der Waals surface area contributed by atoms with E-state index in [1.165, 1.54) is 0 Å². The highest BCUT2D eigenvalue weighted by atomic mass is 16.2. The number of fused-ring (bicyclic) bond motifs is 1. The molecule has 2 amide bonds. The summed E-state index contributed by atoms with van der Waals surface area (Å²) in [6.45, 7) is 0.0711. The molecule has 2 aliphatic rings. The van der Waals surface area contributed by atoms with Crippen LogP contribution in [0.25, 0.3) is 0 Å². The van der Waals surface area contributed by atoms with Crippen molar-refractivity contribution in [3.63, 3.8) is 0 Å². The van der Waals surface area contributed by atoms with Gasteiger partial charge in [-0.05, 0) is 43.2 Å². The third-order valence-electron chi connectivity index (χ3n) is 5.73. The lowest BCUT2D eigenvalue weighted by Crippen LogP contribution is -2.50. The van der Waals surface area contributed by atoms with Crippen LogP contribution in [-0.4, -0.2) is 21.6 Å². The number of benzene rings is 1. The average molecular weight is 352 g/mol. The zero-order valence-electron chi connectivity index (χ0n) is 14.8. The fraction of sp³-hybridized carbons (Fsp3) is 0.450. The summed E-state index contributed by atoms with van der Waals surface area (Å²) in [7, 11) is 0. The summed E-state index contributed by atoms with van der Waals surface area (Å²) < 4.78 is 1.59. The minimum atomic E-state index is -0.414. The molecular formula is C20H24N4O2. The zero-order chi connectivity index (χ0) is 18.1. The summed E-state index contributed by atoms with van der Waals surface area (Å²) in [6, 6.07) is 9.97. The molecule has 1 aromatic heterocycles. The molecule has 1 aromatic carbocycles. The second kappa shape index (κ2) is 6.59. The van der Waals surface area contributed by atoms with Gasteiger partial charge in [0.15, 0.2) is 0 Å². The van der Waals surface area contributed by atoms with E-state index in [0.717, 1.165) is 55.3 Å². The van der Waals surface area contributed by atoms with E-state index >= 15 is 0 Å². The second-order valence-corrected chi connectivity index (χ2v) is 7.42. The Hall–Kier alpha value is -2.63. The van der Waals surface area contributed by atoms with Gasteiger partial charge in [-0.25, -0.2) is 0 Å². The van der Waals surface area contributed by atoms with Gasteiger partial charge in [-0.3, -0.25) is 14.3 Å². The molecule has 0 spiro atoms. The van der Waals surface area contributed by atoms with Crippen LogP contribution in [0.15, 0.2) is 36.5 Å². The van der Waals surface area contributed by atoms with E-state index < -0.39 is 11.3 Å². The molecule has 3 N–H and O–H groups in total. The van der Waals surface area contributed by atoms with Crippen LogP contribution in [0.5, 0.6) is 0 Å². The summed E-state index contributed by atoms with van der Waals surface area (Å²) >= 11 is 0. The molecule has 1 heterocycles. The van der Waals surface area contributed by atoms with Crippen LogP contribution < -0.4 is 11.1 Å². The van der Waals surface area contributed by atoms with Crippen molar-refractivity contribution in [2.75, 3.05) is 0 Å². The Kier molecular flexibility index (Phi) is 4.26. The molecule has 26 heavy (non-hydrogen) atoms. The molecule has 0 unspecified atom stereocenters. The van der Waals surface area contributed by atoms with Gasteiger partial charge in [0.2, 0.25) is 11.8 Å². The minimum Gasteiger partial charge on any atom is -0.368 e. The Morgan fingerprint density at radius 2 is 2.00 bits per heavy atom. The first kappa shape index (κ1) is 16.8. The summed E-state index contributed by atoms with van der Waals surface area (Å²) in [5.74, 6) is -0.319. The van der Waals surface area contributed by atoms with Crippen molar-refractivity contribution in [3.05, 3.63) is 53.3 Å². The van der Waals surface area contributed by atoms with Crippen molar-refractivity contribution < 1.29 is 9.59 Å². The molecule has 0 saturated heterocycles. The van der Waals surface area contributed by atoms with Crippen LogP contribution in [-0.2, 0) is 28.0 Å². The third kappa shape index (κ3) is 2.89. The highest BCUT2D eigenvalue weighted by molar-refractivity contribution is 5.89. The summed E-state index contributed by atoms with van der Waals surface area (Å²) in [6.07, 6.45) is 7.53. The van der Waals surface area contributed by atoms with Crippen LogP contribution in [0.4, 0.5) is 0 Å². The van der Waals surface area contributed by atoms with Gasteiger partial charge in [-0.2, -0.15) is 5.10 Å². The topological polar surface area (TPSA) is 90.0 Å². The highest BCUT2D eigenvalue weighted by Gasteiger charge is 2.46. The molecule has 0 bridgehead atoms. The lowest BCUT2D eigenvalue weighted by atomic mass is 9.63. The van der Waals surface area contributed by atoms with Crippen LogP contribution in [0.2, 0.25) is 0 Å². The molecule has 6 nitrogen and oxygen atoms in total. The first-order valence-electron chi connectivity index (χ1n) is 9.29. The Balaban J connectivity index is 1.56. The molecule has 1 atom stereocenters. The van der Waals surface area contributed by atoms with Gasteiger partial charge < -0.3 is 11.1 Å². The number of carbonyl (C=O) groups excluding carboxylic acids is 2. The Morgan fingerprint density at radius 3 is 2.65 bits per heavy atom. The predicted molar refractivity (Wildman–Crippen MR) is 97.2 cm³/mol. The standard InChI is InChI=1S/C20H24N4O2/c21-17(25)13-24-12-14-6-4-9-16(18(14)23-24)22-19(26)20(10-5-11-20)15-7-2-1-3-8-15/h1-3,7-8,12,16H,4-6,9-11,13H2,(H2,21,25)(H,22,26)/t16-/m0/s1. The normalized spacial score (nSPS) is 20.7. The van der Waals surface area contributed by atoms with Crippen LogP contribution in [0.1, 0.15) is 55.0 Å². The van der Waals surface area contributed by atoms with Crippen LogP contribution in [0, 0.1) is 0 Å². The molecule has 136 valence electrons. The van der Waals surface area contributed by atoms with Gasteiger partial charge in [0.05, 0.1) is 17.2 Å². The summed E-state index contributed by atoms with van der Waals surface area (Å²) in [5.41, 5.74) is 7.95. The number of nitrogens with one attached hydrogen (secondary N) is 1. The lowest BCUT2D eigenvalue weighted by Gasteiger charge is -2.42. The van der Waals surface area contributed by atoms with Crippen LogP contribution >= 0.6 is 0 Å². The van der Waals surface area contributed by atoms with E-state index in [9.17, 15) is 9.59 Å². The lowest BCUT2D eigenvalue weighted by molar-refractivity contribution is -0.131. The summed E-state index contributed by atoms with van der Waals surface area (Å²) in [4.78, 5) is 24.4. The molecule has 0 radical (unpaired) electrons. The maximum atomic E-state index is 13.2. The smallest absolute Gasteiger partial charge is 0.239 e. The molecule has 2 aliphatic carbocycles. The SMILES string of the molecule is NC(=O)Cn1cc2c(n1)[C@@H](NC(=O)C1(c3ccccc3)CCC1)CCC2. The number of amides is 2. The molecule has 4 rings (SSSR count). The summed E-state index contributed by atoms with van der Waals surface area (Å²) in [5, 5.41) is 7.78. The van der Waals surface area contributed by atoms with Crippen molar-refractivity contribution in [1.82, 2.24) is 15.1 Å². The molecular weight excluding hydrogens is 328 g/mol. The Labute approximate surface area is 152 Å². The maximum Gasteiger partial charge on any atom is 0.239 e. The monoisotopic (exact) mass is 352 g/mol. The molecule has 0 aliphatic heterocycles. The second-order valence-electron chi connectivity index (χ2n) is 7.42. The van der Waals surface area contributed by atoms with E-state index in [-0.39, 0.29) is 18.5 Å². The number of rotatable bonds is 5. The fourth-order valence-corrected chi connectivity index (χ4v) is 4.21. The quantitative estimate of drug-likeness (QED) is 0.862. The fourth-order valence-electron chi connectivity index (χ4n) is 4.21. The van der Waals surface area contributed by atoms with Gasteiger partial charge in [0, 0.05) is 6.20 Å². The minimum absolute atomic E-state index is 0.0711. The maximum absolute atomic E-state index is 13.2. The number of aryl methyl sites for hydroxylation is 1.